The van der Waals surface area contributed by atoms with Crippen LogP contribution in [0.4, 0.5) is 0 Å². The Hall–Kier alpha value is -1.27. The van der Waals surface area contributed by atoms with Crippen LogP contribution < -0.4 is 5.32 Å². The van der Waals surface area contributed by atoms with Gasteiger partial charge in [-0.15, -0.1) is 21.5 Å². The lowest BCUT2D eigenvalue weighted by atomic mass is 10.1. The predicted octanol–water partition coefficient (Wildman–Crippen LogP) is 2.80. The third-order valence-electron chi connectivity index (χ3n) is 4.36. The Bertz CT molecular complexity index is 628. The Balaban J connectivity index is 1.40. The van der Waals surface area contributed by atoms with E-state index in [9.17, 15) is 0 Å². The molecule has 0 amide bonds. The number of aryl methyl sites for hydroxylation is 1. The van der Waals surface area contributed by atoms with Gasteiger partial charge in [0, 0.05) is 30.8 Å². The molecule has 1 atom stereocenters. The SMILES string of the molecule is CC(NCc1csc(C2CC2)n1)c1nnc2n1CCCC2. The highest BCUT2D eigenvalue weighted by atomic mass is 32.1. The van der Waals surface area contributed by atoms with Crippen molar-refractivity contribution in [2.75, 3.05) is 0 Å². The lowest BCUT2D eigenvalue weighted by Crippen LogP contribution is -2.23. The standard InChI is InChI=1S/C15H21N5S/c1-10(14-19-18-13-4-2-3-7-20(13)14)16-8-12-9-21-15(17-12)11-5-6-11/h9-11,16H,2-8H2,1H3. The summed E-state index contributed by atoms with van der Waals surface area (Å²) in [5.41, 5.74) is 1.16. The van der Waals surface area contributed by atoms with Crippen LogP contribution in [0.2, 0.25) is 0 Å². The van der Waals surface area contributed by atoms with E-state index >= 15 is 0 Å². The van der Waals surface area contributed by atoms with Gasteiger partial charge >= 0.3 is 0 Å². The minimum Gasteiger partial charge on any atom is -0.314 e. The molecule has 0 saturated heterocycles. The maximum Gasteiger partial charge on any atom is 0.149 e. The molecule has 2 aromatic heterocycles. The lowest BCUT2D eigenvalue weighted by Gasteiger charge is -2.18. The van der Waals surface area contributed by atoms with Gasteiger partial charge in [-0.25, -0.2) is 4.98 Å². The first-order valence-corrected chi connectivity index (χ1v) is 8.79. The van der Waals surface area contributed by atoms with Crippen LogP contribution in [0.1, 0.15) is 66.9 Å². The minimum atomic E-state index is 0.218. The molecule has 1 aliphatic carbocycles. The van der Waals surface area contributed by atoms with E-state index in [1.54, 1.807) is 0 Å². The van der Waals surface area contributed by atoms with Gasteiger partial charge in [-0.05, 0) is 32.6 Å². The Morgan fingerprint density at radius 1 is 1.38 bits per heavy atom. The van der Waals surface area contributed by atoms with Gasteiger partial charge in [0.2, 0.25) is 0 Å². The molecule has 1 aliphatic heterocycles. The molecule has 4 rings (SSSR count). The monoisotopic (exact) mass is 303 g/mol. The van der Waals surface area contributed by atoms with Gasteiger partial charge in [-0.1, -0.05) is 0 Å². The molecule has 0 aromatic carbocycles. The quantitative estimate of drug-likeness (QED) is 0.923. The summed E-state index contributed by atoms with van der Waals surface area (Å²) in [5, 5.41) is 15.8. The zero-order valence-corrected chi connectivity index (χ0v) is 13.2. The molecule has 3 heterocycles. The second-order valence-electron chi connectivity index (χ2n) is 6.14. The summed E-state index contributed by atoms with van der Waals surface area (Å²) in [6.45, 7) is 4.04. The molecule has 21 heavy (non-hydrogen) atoms. The third-order valence-corrected chi connectivity index (χ3v) is 5.42. The first-order chi connectivity index (χ1) is 10.3. The summed E-state index contributed by atoms with van der Waals surface area (Å²) in [6, 6.07) is 0.218. The van der Waals surface area contributed by atoms with Gasteiger partial charge in [-0.3, -0.25) is 0 Å². The second-order valence-corrected chi connectivity index (χ2v) is 7.03. The molecular weight excluding hydrogens is 282 g/mol. The van der Waals surface area contributed by atoms with Gasteiger partial charge in [0.25, 0.3) is 0 Å². The van der Waals surface area contributed by atoms with Crippen LogP contribution in [0.5, 0.6) is 0 Å². The van der Waals surface area contributed by atoms with Gasteiger partial charge in [0.05, 0.1) is 16.7 Å². The Morgan fingerprint density at radius 2 is 2.29 bits per heavy atom. The van der Waals surface area contributed by atoms with Gasteiger partial charge < -0.3 is 9.88 Å². The largest absolute Gasteiger partial charge is 0.314 e. The van der Waals surface area contributed by atoms with Crippen molar-refractivity contribution in [1.82, 2.24) is 25.1 Å². The van der Waals surface area contributed by atoms with Crippen LogP contribution in [-0.4, -0.2) is 19.7 Å². The third kappa shape index (κ3) is 2.74. The number of thiazole rings is 1. The summed E-state index contributed by atoms with van der Waals surface area (Å²) < 4.78 is 2.29. The molecule has 5 nitrogen and oxygen atoms in total. The first-order valence-electron chi connectivity index (χ1n) is 7.91. The van der Waals surface area contributed by atoms with E-state index in [1.807, 2.05) is 11.3 Å². The molecule has 0 bridgehead atoms. The zero-order chi connectivity index (χ0) is 14.2. The number of aromatic nitrogens is 4. The number of hydrogen-bond donors (Lipinski definition) is 1. The lowest BCUT2D eigenvalue weighted by molar-refractivity contribution is 0.464. The average Bonchev–Trinajstić information content (AvgIpc) is 3.10. The van der Waals surface area contributed by atoms with E-state index < -0.39 is 0 Å². The van der Waals surface area contributed by atoms with E-state index in [2.05, 4.69) is 32.4 Å². The predicted molar refractivity (Wildman–Crippen MR) is 82.3 cm³/mol. The van der Waals surface area contributed by atoms with Crippen molar-refractivity contribution in [3.63, 3.8) is 0 Å². The maximum absolute atomic E-state index is 4.73. The van der Waals surface area contributed by atoms with E-state index in [0.29, 0.717) is 0 Å². The average molecular weight is 303 g/mol. The molecule has 2 aromatic rings. The molecule has 1 N–H and O–H groups in total. The molecule has 1 saturated carbocycles. The van der Waals surface area contributed by atoms with Crippen molar-refractivity contribution in [3.8, 4) is 0 Å². The molecular formula is C15H21N5S. The van der Waals surface area contributed by atoms with Crippen molar-refractivity contribution in [2.45, 2.75) is 64.1 Å². The van der Waals surface area contributed by atoms with Crippen molar-refractivity contribution in [3.05, 3.63) is 27.7 Å². The highest BCUT2D eigenvalue weighted by Gasteiger charge is 2.26. The minimum absolute atomic E-state index is 0.218. The van der Waals surface area contributed by atoms with Crippen LogP contribution in [0, 0.1) is 0 Å². The number of nitrogens with one attached hydrogen (secondary N) is 1. The van der Waals surface area contributed by atoms with Crippen molar-refractivity contribution in [1.29, 1.82) is 0 Å². The first kappa shape index (κ1) is 13.4. The summed E-state index contributed by atoms with van der Waals surface area (Å²) in [5.74, 6) is 2.97. The summed E-state index contributed by atoms with van der Waals surface area (Å²) in [6.07, 6.45) is 6.19. The Morgan fingerprint density at radius 3 is 3.14 bits per heavy atom. The van der Waals surface area contributed by atoms with E-state index in [0.717, 1.165) is 42.8 Å². The van der Waals surface area contributed by atoms with E-state index in [1.165, 1.54) is 30.7 Å². The van der Waals surface area contributed by atoms with Crippen LogP contribution >= 0.6 is 11.3 Å². The number of fused-ring (bicyclic) bond motifs is 1. The van der Waals surface area contributed by atoms with Crippen LogP contribution in [0.15, 0.2) is 5.38 Å². The molecule has 1 unspecified atom stereocenters. The summed E-state index contributed by atoms with van der Waals surface area (Å²) in [4.78, 5) is 4.73. The summed E-state index contributed by atoms with van der Waals surface area (Å²) >= 11 is 1.81. The second kappa shape index (κ2) is 5.50. The van der Waals surface area contributed by atoms with E-state index in [4.69, 9.17) is 4.98 Å². The fraction of sp³-hybridized carbons (Fsp3) is 0.667. The smallest absolute Gasteiger partial charge is 0.149 e. The van der Waals surface area contributed by atoms with Crippen molar-refractivity contribution >= 4 is 11.3 Å². The molecule has 112 valence electrons. The van der Waals surface area contributed by atoms with Crippen molar-refractivity contribution < 1.29 is 0 Å². The summed E-state index contributed by atoms with van der Waals surface area (Å²) in [7, 11) is 0. The molecule has 6 heteroatoms. The van der Waals surface area contributed by atoms with Gasteiger partial charge in [0.1, 0.15) is 11.6 Å². The molecule has 1 fully saturated rings. The fourth-order valence-corrected chi connectivity index (χ4v) is 3.91. The number of hydrogen-bond acceptors (Lipinski definition) is 5. The Kier molecular flexibility index (Phi) is 3.51. The number of nitrogens with zero attached hydrogens (tertiary/aromatic N) is 4. The Labute approximate surface area is 128 Å². The van der Waals surface area contributed by atoms with Crippen LogP contribution in [0.25, 0.3) is 0 Å². The zero-order valence-electron chi connectivity index (χ0n) is 12.4. The highest BCUT2D eigenvalue weighted by molar-refractivity contribution is 7.09. The van der Waals surface area contributed by atoms with Crippen LogP contribution in [0.3, 0.4) is 0 Å². The van der Waals surface area contributed by atoms with E-state index in [-0.39, 0.29) is 6.04 Å². The highest BCUT2D eigenvalue weighted by Crippen LogP contribution is 2.41. The normalized spacial score (nSPS) is 19.5. The maximum atomic E-state index is 4.73. The molecule has 0 spiro atoms. The topological polar surface area (TPSA) is 55.6 Å². The number of rotatable bonds is 5. The molecule has 2 aliphatic rings. The van der Waals surface area contributed by atoms with Crippen LogP contribution in [-0.2, 0) is 19.5 Å². The van der Waals surface area contributed by atoms with Crippen molar-refractivity contribution in [2.24, 2.45) is 0 Å². The fourth-order valence-electron chi connectivity index (χ4n) is 2.92. The van der Waals surface area contributed by atoms with Gasteiger partial charge in [-0.2, -0.15) is 0 Å². The van der Waals surface area contributed by atoms with Gasteiger partial charge in [0.15, 0.2) is 0 Å². The molecule has 0 radical (unpaired) electrons.